The number of hydrogen-bond acceptors (Lipinski definition) is 7. The van der Waals surface area contributed by atoms with Crippen LogP contribution in [0.5, 0.6) is 0 Å². The Hall–Kier alpha value is -4.45. The SMILES string of the molecule is Cc1cc([C@@H](C)Nc2ccccc2C(=O)O)c2nc(N3CCc4cnn(C)c4C3)c(C#N)nc2c1. The molecule has 0 saturated carbocycles. The first-order chi connectivity index (χ1) is 16.9. The molecule has 4 aromatic rings. The van der Waals surface area contributed by atoms with Gasteiger partial charge >= 0.3 is 5.97 Å². The smallest absolute Gasteiger partial charge is 0.337 e. The van der Waals surface area contributed by atoms with E-state index in [2.05, 4.69) is 26.4 Å². The lowest BCUT2D eigenvalue weighted by Crippen LogP contribution is -2.32. The summed E-state index contributed by atoms with van der Waals surface area (Å²) in [4.78, 5) is 23.4. The number of para-hydroxylation sites is 1. The van der Waals surface area contributed by atoms with E-state index in [0.717, 1.165) is 23.2 Å². The highest BCUT2D eigenvalue weighted by Gasteiger charge is 2.25. The molecule has 0 amide bonds. The Morgan fingerprint density at radius 2 is 2.06 bits per heavy atom. The predicted octanol–water partition coefficient (Wildman–Crippen LogP) is 3.98. The second kappa shape index (κ2) is 8.72. The number of benzene rings is 2. The number of carboxylic acid groups (broad SMARTS) is 1. The van der Waals surface area contributed by atoms with Gasteiger partial charge in [0.25, 0.3) is 0 Å². The molecule has 9 nitrogen and oxygen atoms in total. The molecule has 2 aromatic carbocycles. The number of carbonyl (C=O) groups is 1. The quantitative estimate of drug-likeness (QED) is 0.452. The number of fused-ring (bicyclic) bond motifs is 2. The monoisotopic (exact) mass is 467 g/mol. The number of carboxylic acids is 1. The zero-order chi connectivity index (χ0) is 24.7. The van der Waals surface area contributed by atoms with E-state index < -0.39 is 5.97 Å². The number of nitriles is 1. The fraction of sp³-hybridized carbons (Fsp3) is 0.269. The zero-order valence-corrected chi connectivity index (χ0v) is 19.8. The first-order valence-electron chi connectivity index (χ1n) is 11.4. The molecule has 0 fully saturated rings. The van der Waals surface area contributed by atoms with Gasteiger partial charge in [-0.1, -0.05) is 18.2 Å². The maximum atomic E-state index is 11.7. The molecule has 1 atom stereocenters. The van der Waals surface area contributed by atoms with E-state index in [4.69, 9.17) is 4.98 Å². The number of anilines is 2. The summed E-state index contributed by atoms with van der Waals surface area (Å²) in [6.07, 6.45) is 2.71. The average molecular weight is 468 g/mol. The summed E-state index contributed by atoms with van der Waals surface area (Å²) in [7, 11) is 1.92. The molecule has 2 N–H and O–H groups in total. The van der Waals surface area contributed by atoms with Gasteiger partial charge in [0.05, 0.1) is 41.1 Å². The lowest BCUT2D eigenvalue weighted by Gasteiger charge is -2.29. The highest BCUT2D eigenvalue weighted by Crippen LogP contribution is 2.32. The van der Waals surface area contributed by atoms with Crippen LogP contribution < -0.4 is 10.2 Å². The van der Waals surface area contributed by atoms with E-state index >= 15 is 0 Å². The van der Waals surface area contributed by atoms with Crippen LogP contribution in [0.15, 0.2) is 42.6 Å². The van der Waals surface area contributed by atoms with Gasteiger partial charge < -0.3 is 15.3 Å². The van der Waals surface area contributed by atoms with E-state index in [1.165, 1.54) is 5.56 Å². The molecular formula is C26H25N7O2. The van der Waals surface area contributed by atoms with Crippen molar-refractivity contribution < 1.29 is 9.90 Å². The third-order valence-electron chi connectivity index (χ3n) is 6.47. The topological polar surface area (TPSA) is 120 Å². The van der Waals surface area contributed by atoms with Crippen LogP contribution in [0.2, 0.25) is 0 Å². The van der Waals surface area contributed by atoms with E-state index in [9.17, 15) is 15.2 Å². The molecule has 176 valence electrons. The van der Waals surface area contributed by atoms with Crippen LogP contribution in [0.4, 0.5) is 11.5 Å². The number of hydrogen-bond donors (Lipinski definition) is 2. The van der Waals surface area contributed by atoms with Crippen LogP contribution in [0.1, 0.15) is 51.4 Å². The summed E-state index contributed by atoms with van der Waals surface area (Å²) in [6, 6.07) is 12.8. The molecule has 35 heavy (non-hydrogen) atoms. The first kappa shape index (κ1) is 22.3. The van der Waals surface area contributed by atoms with Gasteiger partial charge in [-0.2, -0.15) is 10.4 Å². The molecular weight excluding hydrogens is 442 g/mol. The number of rotatable bonds is 5. The van der Waals surface area contributed by atoms with Crippen molar-refractivity contribution >= 4 is 28.5 Å². The van der Waals surface area contributed by atoms with Crippen molar-refractivity contribution in [1.82, 2.24) is 19.7 Å². The molecule has 0 spiro atoms. The van der Waals surface area contributed by atoms with E-state index in [1.807, 2.05) is 43.9 Å². The third-order valence-corrected chi connectivity index (χ3v) is 6.47. The van der Waals surface area contributed by atoms with Crippen molar-refractivity contribution in [1.29, 1.82) is 5.26 Å². The number of nitrogens with zero attached hydrogens (tertiary/aromatic N) is 6. The van der Waals surface area contributed by atoms with Crippen LogP contribution in [0, 0.1) is 18.3 Å². The van der Waals surface area contributed by atoms with Crippen molar-refractivity contribution in [3.63, 3.8) is 0 Å². The van der Waals surface area contributed by atoms with Crippen molar-refractivity contribution in [2.45, 2.75) is 32.9 Å². The molecule has 3 heterocycles. The van der Waals surface area contributed by atoms with E-state index in [1.54, 1.807) is 24.3 Å². The minimum Gasteiger partial charge on any atom is -0.478 e. The van der Waals surface area contributed by atoms with E-state index in [0.29, 0.717) is 35.6 Å². The molecule has 5 rings (SSSR count). The van der Waals surface area contributed by atoms with Crippen LogP contribution in [0.25, 0.3) is 11.0 Å². The molecule has 0 unspecified atom stereocenters. The van der Waals surface area contributed by atoms with Crippen LogP contribution in [-0.4, -0.2) is 37.4 Å². The van der Waals surface area contributed by atoms with Gasteiger partial charge in [0.2, 0.25) is 0 Å². The maximum Gasteiger partial charge on any atom is 0.337 e. The summed E-state index contributed by atoms with van der Waals surface area (Å²) in [5, 5.41) is 27.1. The Morgan fingerprint density at radius 1 is 1.26 bits per heavy atom. The Balaban J connectivity index is 1.58. The molecule has 1 aliphatic heterocycles. The molecule has 0 aliphatic carbocycles. The molecule has 1 aliphatic rings. The third kappa shape index (κ3) is 4.04. The van der Waals surface area contributed by atoms with Crippen LogP contribution in [-0.2, 0) is 20.0 Å². The lowest BCUT2D eigenvalue weighted by atomic mass is 10.0. The number of aryl methyl sites for hydroxylation is 2. The molecule has 9 heteroatoms. The van der Waals surface area contributed by atoms with Crippen molar-refractivity contribution in [3.8, 4) is 6.07 Å². The maximum absolute atomic E-state index is 11.7. The summed E-state index contributed by atoms with van der Waals surface area (Å²) in [5.74, 6) is -0.440. The fourth-order valence-electron chi connectivity index (χ4n) is 4.67. The normalized spacial score (nSPS) is 13.8. The van der Waals surface area contributed by atoms with E-state index in [-0.39, 0.29) is 17.3 Å². The molecule has 0 bridgehead atoms. The van der Waals surface area contributed by atoms with Gasteiger partial charge in [-0.15, -0.1) is 0 Å². The Labute approximate surface area is 202 Å². The molecule has 2 aromatic heterocycles. The zero-order valence-electron chi connectivity index (χ0n) is 19.8. The summed E-state index contributed by atoms with van der Waals surface area (Å²) in [6.45, 7) is 5.25. The number of aromatic nitrogens is 4. The Morgan fingerprint density at radius 3 is 2.83 bits per heavy atom. The highest BCUT2D eigenvalue weighted by molar-refractivity contribution is 5.94. The molecule has 0 radical (unpaired) electrons. The number of nitrogens with one attached hydrogen (secondary N) is 1. The van der Waals surface area contributed by atoms with Gasteiger partial charge in [0.15, 0.2) is 11.5 Å². The first-order valence-corrected chi connectivity index (χ1v) is 11.4. The van der Waals surface area contributed by atoms with Gasteiger partial charge in [0.1, 0.15) is 6.07 Å². The second-order valence-electron chi connectivity index (χ2n) is 8.86. The van der Waals surface area contributed by atoms with Crippen molar-refractivity contribution in [3.05, 3.63) is 76.2 Å². The van der Waals surface area contributed by atoms with Gasteiger partial charge in [-0.25, -0.2) is 14.8 Å². The summed E-state index contributed by atoms with van der Waals surface area (Å²) in [5.41, 5.74) is 6.53. The second-order valence-corrected chi connectivity index (χ2v) is 8.86. The number of aromatic carboxylic acids is 1. The summed E-state index contributed by atoms with van der Waals surface area (Å²) < 4.78 is 1.86. The Kier molecular flexibility index (Phi) is 5.57. The predicted molar refractivity (Wildman–Crippen MR) is 132 cm³/mol. The van der Waals surface area contributed by atoms with Crippen LogP contribution in [0.3, 0.4) is 0 Å². The van der Waals surface area contributed by atoms with Crippen molar-refractivity contribution in [2.24, 2.45) is 7.05 Å². The van der Waals surface area contributed by atoms with Gasteiger partial charge in [-0.3, -0.25) is 4.68 Å². The average Bonchev–Trinajstić information content (AvgIpc) is 3.22. The standard InChI is InChI=1S/C26H25N7O2/c1-15-10-19(16(2)29-20-7-5-4-6-18(20)26(34)35)24-21(11-15)30-22(12-27)25(31-24)33-9-8-17-13-28-32(3)23(17)14-33/h4-7,10-11,13,16,29H,8-9,14H2,1-3H3,(H,34,35)/t16-/m1/s1. The van der Waals surface area contributed by atoms with Gasteiger partial charge in [0, 0.05) is 24.8 Å². The fourth-order valence-corrected chi connectivity index (χ4v) is 4.67. The largest absolute Gasteiger partial charge is 0.478 e. The van der Waals surface area contributed by atoms with Gasteiger partial charge in [-0.05, 0) is 49.6 Å². The molecule has 0 saturated heterocycles. The van der Waals surface area contributed by atoms with Crippen molar-refractivity contribution in [2.75, 3.05) is 16.8 Å². The lowest BCUT2D eigenvalue weighted by molar-refractivity contribution is 0.0698. The minimum absolute atomic E-state index is 0.204. The minimum atomic E-state index is -0.991. The Bertz CT molecular complexity index is 1500. The summed E-state index contributed by atoms with van der Waals surface area (Å²) >= 11 is 0. The highest BCUT2D eigenvalue weighted by atomic mass is 16.4. The van der Waals surface area contributed by atoms with Crippen LogP contribution >= 0.6 is 0 Å².